The number of hydrogen-bond donors (Lipinski definition) is 0. The summed E-state index contributed by atoms with van der Waals surface area (Å²) in [6.45, 7) is 1.92. The van der Waals surface area contributed by atoms with Crippen LogP contribution >= 0.6 is 0 Å². The molecule has 3 rings (SSSR count). The van der Waals surface area contributed by atoms with Crippen LogP contribution in [-0.4, -0.2) is 9.97 Å². The molecule has 0 unspecified atom stereocenters. The molecule has 2 nitrogen and oxygen atoms in total. The van der Waals surface area contributed by atoms with Crippen molar-refractivity contribution in [1.29, 1.82) is 0 Å². The Morgan fingerprint density at radius 1 is 0.958 bits per heavy atom. The SMILES string of the molecule is C/C(=C/c1cccc(-c2cncnc2)c1)c1cccc(C(F)F)c1. The summed E-state index contributed by atoms with van der Waals surface area (Å²) in [7, 11) is 0. The number of alkyl halides is 2. The van der Waals surface area contributed by atoms with Crippen LogP contribution in [0.15, 0.2) is 67.3 Å². The second-order valence-electron chi connectivity index (χ2n) is 5.51. The second kappa shape index (κ2) is 7.13. The zero-order valence-electron chi connectivity index (χ0n) is 13.2. The smallest absolute Gasteiger partial charge is 0.244 e. The molecule has 0 amide bonds. The maximum absolute atomic E-state index is 12.8. The molecular formula is C20H16F2N2. The van der Waals surface area contributed by atoms with E-state index in [2.05, 4.69) is 9.97 Å². The fourth-order valence-corrected chi connectivity index (χ4v) is 2.51. The standard InChI is InChI=1S/C20H16F2N2/c1-14(16-5-3-7-18(10-16)20(21)22)8-15-4-2-6-17(9-15)19-11-23-13-24-12-19/h2-13,20H,1H3/b14-8-. The van der Waals surface area contributed by atoms with E-state index in [1.807, 2.05) is 43.3 Å². The minimum atomic E-state index is -2.46. The van der Waals surface area contributed by atoms with E-state index in [0.717, 1.165) is 27.8 Å². The van der Waals surface area contributed by atoms with E-state index in [1.54, 1.807) is 18.5 Å². The monoisotopic (exact) mass is 322 g/mol. The Morgan fingerprint density at radius 3 is 2.46 bits per heavy atom. The van der Waals surface area contributed by atoms with Gasteiger partial charge in [-0.2, -0.15) is 0 Å². The minimum Gasteiger partial charge on any atom is -0.244 e. The average Bonchev–Trinajstić information content (AvgIpc) is 2.63. The Kier molecular flexibility index (Phi) is 4.75. The van der Waals surface area contributed by atoms with Gasteiger partial charge in [-0.05, 0) is 41.3 Å². The van der Waals surface area contributed by atoms with Crippen LogP contribution in [0.2, 0.25) is 0 Å². The fraction of sp³-hybridized carbons (Fsp3) is 0.100. The van der Waals surface area contributed by atoms with E-state index < -0.39 is 6.43 Å². The third kappa shape index (κ3) is 3.71. The maximum Gasteiger partial charge on any atom is 0.263 e. The lowest BCUT2D eigenvalue weighted by atomic mass is 10.0. The van der Waals surface area contributed by atoms with Crippen molar-refractivity contribution in [1.82, 2.24) is 9.97 Å². The Morgan fingerprint density at radius 2 is 1.71 bits per heavy atom. The first-order valence-electron chi connectivity index (χ1n) is 7.56. The van der Waals surface area contributed by atoms with Crippen molar-refractivity contribution in [2.45, 2.75) is 13.3 Å². The lowest BCUT2D eigenvalue weighted by molar-refractivity contribution is 0.151. The van der Waals surface area contributed by atoms with Gasteiger partial charge in [0.15, 0.2) is 0 Å². The van der Waals surface area contributed by atoms with Crippen molar-refractivity contribution < 1.29 is 8.78 Å². The molecule has 0 aliphatic carbocycles. The molecule has 0 saturated carbocycles. The topological polar surface area (TPSA) is 25.8 Å². The molecule has 0 fully saturated rings. The van der Waals surface area contributed by atoms with Crippen LogP contribution in [-0.2, 0) is 0 Å². The molecule has 0 aliphatic heterocycles. The second-order valence-corrected chi connectivity index (χ2v) is 5.51. The Hall–Kier alpha value is -2.88. The van der Waals surface area contributed by atoms with Crippen molar-refractivity contribution in [3.63, 3.8) is 0 Å². The highest BCUT2D eigenvalue weighted by Gasteiger charge is 2.07. The van der Waals surface area contributed by atoms with E-state index in [4.69, 9.17) is 0 Å². The molecule has 0 atom stereocenters. The van der Waals surface area contributed by atoms with E-state index in [0.29, 0.717) is 0 Å². The molecule has 120 valence electrons. The van der Waals surface area contributed by atoms with Crippen LogP contribution in [0.5, 0.6) is 0 Å². The van der Waals surface area contributed by atoms with Gasteiger partial charge in [0.2, 0.25) is 0 Å². The quantitative estimate of drug-likeness (QED) is 0.581. The van der Waals surface area contributed by atoms with Gasteiger partial charge >= 0.3 is 0 Å². The highest BCUT2D eigenvalue weighted by atomic mass is 19.3. The largest absolute Gasteiger partial charge is 0.263 e. The Labute approximate surface area is 139 Å². The summed E-state index contributed by atoms with van der Waals surface area (Å²) >= 11 is 0. The van der Waals surface area contributed by atoms with Crippen LogP contribution < -0.4 is 0 Å². The zero-order valence-corrected chi connectivity index (χ0v) is 13.2. The van der Waals surface area contributed by atoms with Gasteiger partial charge in [-0.25, -0.2) is 18.7 Å². The lowest BCUT2D eigenvalue weighted by Gasteiger charge is -2.06. The molecule has 4 heteroatoms. The van der Waals surface area contributed by atoms with Crippen LogP contribution in [0.25, 0.3) is 22.8 Å². The van der Waals surface area contributed by atoms with Gasteiger partial charge in [-0.3, -0.25) is 0 Å². The van der Waals surface area contributed by atoms with Crippen molar-refractivity contribution >= 4 is 11.6 Å². The number of hydrogen-bond acceptors (Lipinski definition) is 2. The van der Waals surface area contributed by atoms with Crippen LogP contribution in [0, 0.1) is 0 Å². The summed E-state index contributed by atoms with van der Waals surface area (Å²) in [6.07, 6.45) is 4.54. The predicted molar refractivity (Wildman–Crippen MR) is 92.4 cm³/mol. The van der Waals surface area contributed by atoms with Crippen LogP contribution in [0.4, 0.5) is 8.78 Å². The fourth-order valence-electron chi connectivity index (χ4n) is 2.51. The summed E-state index contributed by atoms with van der Waals surface area (Å²) < 4.78 is 25.7. The molecule has 0 bridgehead atoms. The summed E-state index contributed by atoms with van der Waals surface area (Å²) in [5.41, 5.74) is 4.70. The number of rotatable bonds is 4. The molecule has 1 heterocycles. The number of nitrogens with zero attached hydrogens (tertiary/aromatic N) is 2. The first-order valence-corrected chi connectivity index (χ1v) is 7.56. The zero-order chi connectivity index (χ0) is 16.9. The van der Waals surface area contributed by atoms with Gasteiger partial charge in [0.05, 0.1) is 0 Å². The summed E-state index contributed by atoms with van der Waals surface area (Å²) in [6, 6.07) is 14.4. The average molecular weight is 322 g/mol. The predicted octanol–water partition coefficient (Wildman–Crippen LogP) is 5.64. The first kappa shape index (κ1) is 16.0. The minimum absolute atomic E-state index is 0.0374. The molecule has 0 N–H and O–H groups in total. The highest BCUT2D eigenvalue weighted by Crippen LogP contribution is 2.25. The molecule has 0 radical (unpaired) electrons. The molecular weight excluding hydrogens is 306 g/mol. The number of aromatic nitrogens is 2. The summed E-state index contributed by atoms with van der Waals surface area (Å²) in [4.78, 5) is 8.06. The number of halogens is 2. The van der Waals surface area contributed by atoms with Crippen molar-refractivity contribution in [2.75, 3.05) is 0 Å². The van der Waals surface area contributed by atoms with Crippen molar-refractivity contribution in [3.8, 4) is 11.1 Å². The maximum atomic E-state index is 12.8. The molecule has 24 heavy (non-hydrogen) atoms. The Bertz CT molecular complexity index is 858. The van der Waals surface area contributed by atoms with Crippen molar-refractivity contribution in [3.05, 3.63) is 83.9 Å². The summed E-state index contributed by atoms with van der Waals surface area (Å²) in [5, 5.41) is 0. The van der Waals surface area contributed by atoms with Crippen LogP contribution in [0.3, 0.4) is 0 Å². The van der Waals surface area contributed by atoms with Gasteiger partial charge < -0.3 is 0 Å². The van der Waals surface area contributed by atoms with Crippen LogP contribution in [0.1, 0.15) is 30.0 Å². The molecule has 0 saturated heterocycles. The van der Waals surface area contributed by atoms with E-state index in [-0.39, 0.29) is 5.56 Å². The Balaban J connectivity index is 1.92. The molecule has 0 aliphatic rings. The van der Waals surface area contributed by atoms with Gasteiger partial charge in [0.25, 0.3) is 6.43 Å². The molecule has 3 aromatic rings. The normalized spacial score (nSPS) is 11.8. The third-order valence-corrected chi connectivity index (χ3v) is 3.76. The van der Waals surface area contributed by atoms with E-state index in [1.165, 1.54) is 18.5 Å². The van der Waals surface area contributed by atoms with Gasteiger partial charge in [-0.1, -0.05) is 42.5 Å². The highest BCUT2D eigenvalue weighted by molar-refractivity contribution is 5.81. The number of benzene rings is 2. The summed E-state index contributed by atoms with van der Waals surface area (Å²) in [5.74, 6) is 0. The van der Waals surface area contributed by atoms with Gasteiger partial charge in [-0.15, -0.1) is 0 Å². The number of allylic oxidation sites excluding steroid dienone is 1. The molecule has 0 spiro atoms. The van der Waals surface area contributed by atoms with E-state index in [9.17, 15) is 8.78 Å². The van der Waals surface area contributed by atoms with Gasteiger partial charge in [0, 0.05) is 23.5 Å². The van der Waals surface area contributed by atoms with E-state index >= 15 is 0 Å². The molecule has 1 aromatic heterocycles. The lowest BCUT2D eigenvalue weighted by Crippen LogP contribution is -1.87. The van der Waals surface area contributed by atoms with Crippen molar-refractivity contribution in [2.24, 2.45) is 0 Å². The third-order valence-electron chi connectivity index (χ3n) is 3.76. The first-order chi connectivity index (χ1) is 11.6. The van der Waals surface area contributed by atoms with Gasteiger partial charge in [0.1, 0.15) is 6.33 Å². The molecule has 2 aromatic carbocycles.